The van der Waals surface area contributed by atoms with Crippen molar-refractivity contribution in [3.05, 3.63) is 29.6 Å². The Hall–Kier alpha value is -0.930. The van der Waals surface area contributed by atoms with E-state index < -0.39 is 0 Å². The third-order valence-electron chi connectivity index (χ3n) is 4.06. The Morgan fingerprint density at radius 2 is 2.15 bits per heavy atom. The largest absolute Gasteiger partial charge is 0.311 e. The van der Waals surface area contributed by atoms with Crippen molar-refractivity contribution in [3.8, 4) is 0 Å². The van der Waals surface area contributed by atoms with Crippen LogP contribution < -0.4 is 5.32 Å². The Morgan fingerprint density at radius 1 is 1.35 bits per heavy atom. The zero-order valence-corrected chi connectivity index (χ0v) is 13.2. The zero-order valence-electron chi connectivity index (χ0n) is 13.2. The minimum absolute atomic E-state index is 0.688. The molecular formula is C17H29N3. The molecule has 3 nitrogen and oxygen atoms in total. The standard InChI is InChI=1S/C17H29N3/c1-4-17-9-6-10-20(17)13-16-8-5-7-15(19-16)12-18-11-14(2)3/h5,7-8,14,17-18H,4,6,9-13H2,1-3H3. The van der Waals surface area contributed by atoms with Crippen LogP contribution in [0, 0.1) is 5.92 Å². The average Bonchev–Trinajstić information content (AvgIpc) is 2.86. The number of rotatable bonds is 7. The molecule has 1 unspecified atom stereocenters. The maximum atomic E-state index is 4.80. The summed E-state index contributed by atoms with van der Waals surface area (Å²) in [5.74, 6) is 0.688. The number of hydrogen-bond acceptors (Lipinski definition) is 3. The molecule has 0 aromatic carbocycles. The van der Waals surface area contributed by atoms with E-state index >= 15 is 0 Å². The lowest BCUT2D eigenvalue weighted by atomic mass is 10.1. The molecule has 1 fully saturated rings. The summed E-state index contributed by atoms with van der Waals surface area (Å²) in [7, 11) is 0. The highest BCUT2D eigenvalue weighted by molar-refractivity contribution is 5.11. The molecule has 0 saturated carbocycles. The maximum absolute atomic E-state index is 4.80. The fourth-order valence-corrected chi connectivity index (χ4v) is 2.98. The second kappa shape index (κ2) is 7.75. The van der Waals surface area contributed by atoms with E-state index in [0.29, 0.717) is 5.92 Å². The lowest BCUT2D eigenvalue weighted by Crippen LogP contribution is -2.28. The normalized spacial score (nSPS) is 19.9. The molecule has 1 aromatic rings. The lowest BCUT2D eigenvalue weighted by molar-refractivity contribution is 0.237. The first-order valence-electron chi connectivity index (χ1n) is 8.08. The van der Waals surface area contributed by atoms with Crippen molar-refractivity contribution in [2.45, 2.75) is 59.2 Å². The van der Waals surface area contributed by atoms with E-state index in [-0.39, 0.29) is 0 Å². The van der Waals surface area contributed by atoms with Gasteiger partial charge in [-0.3, -0.25) is 9.88 Å². The van der Waals surface area contributed by atoms with Crippen LogP contribution >= 0.6 is 0 Å². The smallest absolute Gasteiger partial charge is 0.0547 e. The number of nitrogens with one attached hydrogen (secondary N) is 1. The van der Waals surface area contributed by atoms with E-state index in [1.54, 1.807) is 0 Å². The van der Waals surface area contributed by atoms with Crippen molar-refractivity contribution in [2.75, 3.05) is 13.1 Å². The van der Waals surface area contributed by atoms with Gasteiger partial charge >= 0.3 is 0 Å². The van der Waals surface area contributed by atoms with Crippen LogP contribution in [-0.2, 0) is 13.1 Å². The predicted molar refractivity (Wildman–Crippen MR) is 84.5 cm³/mol. The van der Waals surface area contributed by atoms with Crippen LogP contribution in [0.5, 0.6) is 0 Å². The van der Waals surface area contributed by atoms with E-state index in [0.717, 1.165) is 31.4 Å². The third kappa shape index (κ3) is 4.57. The first-order valence-corrected chi connectivity index (χ1v) is 8.08. The van der Waals surface area contributed by atoms with Crippen molar-refractivity contribution in [1.29, 1.82) is 0 Å². The van der Waals surface area contributed by atoms with Gasteiger partial charge in [-0.15, -0.1) is 0 Å². The molecule has 112 valence electrons. The van der Waals surface area contributed by atoms with E-state index in [9.17, 15) is 0 Å². The van der Waals surface area contributed by atoms with E-state index in [4.69, 9.17) is 4.98 Å². The Bertz CT molecular complexity index is 403. The average molecular weight is 275 g/mol. The minimum atomic E-state index is 0.688. The number of nitrogens with zero attached hydrogens (tertiary/aromatic N) is 2. The summed E-state index contributed by atoms with van der Waals surface area (Å²) in [5, 5.41) is 3.47. The molecule has 0 spiro atoms. The van der Waals surface area contributed by atoms with Gasteiger partial charge in [-0.05, 0) is 50.4 Å². The number of hydrogen-bond donors (Lipinski definition) is 1. The molecule has 1 aliphatic heterocycles. The monoisotopic (exact) mass is 275 g/mol. The molecule has 0 amide bonds. The highest BCUT2D eigenvalue weighted by Crippen LogP contribution is 2.21. The molecule has 1 N–H and O–H groups in total. The summed E-state index contributed by atoms with van der Waals surface area (Å²) in [6.45, 7) is 10.9. The fraction of sp³-hybridized carbons (Fsp3) is 0.706. The highest BCUT2D eigenvalue weighted by atomic mass is 15.2. The van der Waals surface area contributed by atoms with Gasteiger partial charge in [-0.1, -0.05) is 26.8 Å². The molecule has 1 atom stereocenters. The minimum Gasteiger partial charge on any atom is -0.311 e. The molecule has 0 aliphatic carbocycles. The summed E-state index contributed by atoms with van der Waals surface area (Å²) in [6.07, 6.45) is 3.95. The molecule has 1 aromatic heterocycles. The summed E-state index contributed by atoms with van der Waals surface area (Å²) < 4.78 is 0. The van der Waals surface area contributed by atoms with Gasteiger partial charge in [0, 0.05) is 19.1 Å². The van der Waals surface area contributed by atoms with Gasteiger partial charge in [0.2, 0.25) is 0 Å². The van der Waals surface area contributed by atoms with Gasteiger partial charge in [0.05, 0.1) is 11.4 Å². The van der Waals surface area contributed by atoms with E-state index in [1.165, 1.54) is 31.5 Å². The van der Waals surface area contributed by atoms with Crippen molar-refractivity contribution in [2.24, 2.45) is 5.92 Å². The van der Waals surface area contributed by atoms with Gasteiger partial charge in [0.1, 0.15) is 0 Å². The Labute approximate surface area is 123 Å². The fourth-order valence-electron chi connectivity index (χ4n) is 2.98. The third-order valence-corrected chi connectivity index (χ3v) is 4.06. The topological polar surface area (TPSA) is 28.2 Å². The van der Waals surface area contributed by atoms with Gasteiger partial charge < -0.3 is 5.32 Å². The van der Waals surface area contributed by atoms with Crippen LogP contribution in [0.2, 0.25) is 0 Å². The molecular weight excluding hydrogens is 246 g/mol. The molecule has 0 radical (unpaired) electrons. The van der Waals surface area contributed by atoms with Crippen molar-refractivity contribution < 1.29 is 0 Å². The zero-order chi connectivity index (χ0) is 14.4. The van der Waals surface area contributed by atoms with Crippen molar-refractivity contribution in [3.63, 3.8) is 0 Å². The van der Waals surface area contributed by atoms with Crippen LogP contribution in [0.3, 0.4) is 0 Å². The maximum Gasteiger partial charge on any atom is 0.0547 e. The van der Waals surface area contributed by atoms with Crippen molar-refractivity contribution >= 4 is 0 Å². The van der Waals surface area contributed by atoms with E-state index in [1.807, 2.05) is 0 Å². The van der Waals surface area contributed by atoms with Crippen LogP contribution in [-0.4, -0.2) is 29.0 Å². The SMILES string of the molecule is CCC1CCCN1Cc1cccc(CNCC(C)C)n1. The van der Waals surface area contributed by atoms with Gasteiger partial charge in [0.15, 0.2) is 0 Å². The molecule has 1 saturated heterocycles. The molecule has 1 aliphatic rings. The lowest BCUT2D eigenvalue weighted by Gasteiger charge is -2.23. The second-order valence-corrected chi connectivity index (χ2v) is 6.32. The van der Waals surface area contributed by atoms with Crippen LogP contribution in [0.1, 0.15) is 51.4 Å². The van der Waals surface area contributed by atoms with Crippen molar-refractivity contribution in [1.82, 2.24) is 15.2 Å². The van der Waals surface area contributed by atoms with Gasteiger partial charge in [0.25, 0.3) is 0 Å². The molecule has 3 heteroatoms. The predicted octanol–water partition coefficient (Wildman–Crippen LogP) is 3.20. The number of likely N-dealkylation sites (tertiary alicyclic amines) is 1. The number of pyridine rings is 1. The Balaban J connectivity index is 1.88. The van der Waals surface area contributed by atoms with Crippen LogP contribution in [0.15, 0.2) is 18.2 Å². The summed E-state index contributed by atoms with van der Waals surface area (Å²) in [6, 6.07) is 7.19. The Kier molecular flexibility index (Phi) is 5.99. The molecule has 2 rings (SSSR count). The summed E-state index contributed by atoms with van der Waals surface area (Å²) in [5.41, 5.74) is 2.38. The summed E-state index contributed by atoms with van der Waals surface area (Å²) >= 11 is 0. The quantitative estimate of drug-likeness (QED) is 0.828. The highest BCUT2D eigenvalue weighted by Gasteiger charge is 2.22. The molecule has 2 heterocycles. The second-order valence-electron chi connectivity index (χ2n) is 6.32. The van der Waals surface area contributed by atoms with E-state index in [2.05, 4.69) is 49.2 Å². The molecule has 0 bridgehead atoms. The van der Waals surface area contributed by atoms with Crippen LogP contribution in [0.25, 0.3) is 0 Å². The van der Waals surface area contributed by atoms with Gasteiger partial charge in [-0.2, -0.15) is 0 Å². The molecule has 20 heavy (non-hydrogen) atoms. The Morgan fingerprint density at radius 3 is 2.90 bits per heavy atom. The number of aromatic nitrogens is 1. The van der Waals surface area contributed by atoms with Gasteiger partial charge in [-0.25, -0.2) is 0 Å². The first-order chi connectivity index (χ1) is 9.69. The van der Waals surface area contributed by atoms with Crippen LogP contribution in [0.4, 0.5) is 0 Å². The first kappa shape index (κ1) is 15.5. The summed E-state index contributed by atoms with van der Waals surface area (Å²) in [4.78, 5) is 7.39.